The standard InChI is InChI=1S/C22H29N5O2/c23-22-21-20(16-6-1-2-9-19(29)12-16)13-17(27(21)25-15-24-22)7-3-4-10-26-11-5-8-18(26)14-28/h1-2,9,12-13,15,18,28-29H,3-8,10-11,14H2,(H2,23,24,25). The van der Waals surface area contributed by atoms with Crippen molar-refractivity contribution in [3.8, 4) is 0 Å². The molecule has 1 unspecified atom stereocenters. The van der Waals surface area contributed by atoms with E-state index in [1.54, 1.807) is 12.2 Å². The van der Waals surface area contributed by atoms with E-state index in [-0.39, 0.29) is 12.4 Å². The summed E-state index contributed by atoms with van der Waals surface area (Å²) in [6, 6.07) is 2.46. The van der Waals surface area contributed by atoms with Crippen molar-refractivity contribution in [1.82, 2.24) is 19.5 Å². The number of aromatic nitrogens is 3. The summed E-state index contributed by atoms with van der Waals surface area (Å²) in [5.41, 5.74) is 10.1. The Labute approximate surface area is 170 Å². The zero-order valence-corrected chi connectivity index (χ0v) is 16.7. The first-order valence-corrected chi connectivity index (χ1v) is 10.4. The van der Waals surface area contributed by atoms with Gasteiger partial charge in [0.1, 0.15) is 17.6 Å². The van der Waals surface area contributed by atoms with Crippen molar-refractivity contribution in [2.24, 2.45) is 0 Å². The number of nitrogen functional groups attached to an aromatic ring is 1. The molecule has 154 valence electrons. The Balaban J connectivity index is 1.52. The highest BCUT2D eigenvalue weighted by molar-refractivity contribution is 5.86. The summed E-state index contributed by atoms with van der Waals surface area (Å²) in [6.07, 6.45) is 14.8. The van der Waals surface area contributed by atoms with Gasteiger partial charge in [0.05, 0.1) is 6.61 Å². The average Bonchev–Trinajstić information content (AvgIpc) is 3.26. The van der Waals surface area contributed by atoms with E-state index in [4.69, 9.17) is 5.73 Å². The first kappa shape index (κ1) is 19.7. The fourth-order valence-corrected chi connectivity index (χ4v) is 4.41. The molecule has 0 aromatic carbocycles. The van der Waals surface area contributed by atoms with Crippen molar-refractivity contribution in [2.45, 2.75) is 44.6 Å². The maximum absolute atomic E-state index is 10.0. The van der Waals surface area contributed by atoms with Crippen LogP contribution in [0.25, 0.3) is 11.1 Å². The Morgan fingerprint density at radius 2 is 2.17 bits per heavy atom. The molecule has 2 aromatic rings. The Morgan fingerprint density at radius 1 is 1.28 bits per heavy atom. The molecule has 1 aliphatic heterocycles. The van der Waals surface area contributed by atoms with Gasteiger partial charge in [-0.05, 0) is 75.4 Å². The predicted molar refractivity (Wildman–Crippen MR) is 114 cm³/mol. The number of aliphatic hydroxyl groups excluding tert-OH is 2. The van der Waals surface area contributed by atoms with Crippen LogP contribution in [0.3, 0.4) is 0 Å². The lowest BCUT2D eigenvalue weighted by molar-refractivity contribution is 0.157. The van der Waals surface area contributed by atoms with Crippen molar-refractivity contribution in [3.05, 3.63) is 53.7 Å². The van der Waals surface area contributed by atoms with Crippen LogP contribution in [0.4, 0.5) is 5.82 Å². The molecule has 4 rings (SSSR count). The number of likely N-dealkylation sites (tertiary alicyclic amines) is 1. The number of hydrogen-bond acceptors (Lipinski definition) is 6. The highest BCUT2D eigenvalue weighted by Gasteiger charge is 2.23. The van der Waals surface area contributed by atoms with Crippen molar-refractivity contribution >= 4 is 16.9 Å². The van der Waals surface area contributed by atoms with E-state index < -0.39 is 0 Å². The topological polar surface area (TPSA) is 99.9 Å². The molecule has 0 spiro atoms. The van der Waals surface area contributed by atoms with Crippen LogP contribution in [-0.4, -0.2) is 55.4 Å². The maximum atomic E-state index is 10.0. The van der Waals surface area contributed by atoms with Gasteiger partial charge in [0.15, 0.2) is 5.82 Å². The Kier molecular flexibility index (Phi) is 5.97. The zero-order chi connectivity index (χ0) is 20.2. The molecule has 4 N–H and O–H groups in total. The third-order valence-corrected chi connectivity index (χ3v) is 5.90. The minimum atomic E-state index is 0.231. The molecule has 7 heteroatoms. The summed E-state index contributed by atoms with van der Waals surface area (Å²) in [6.45, 7) is 2.37. The third-order valence-electron chi connectivity index (χ3n) is 5.90. The van der Waals surface area contributed by atoms with Gasteiger partial charge in [-0.15, -0.1) is 0 Å². The molecular weight excluding hydrogens is 366 g/mol. The van der Waals surface area contributed by atoms with E-state index in [9.17, 15) is 10.2 Å². The van der Waals surface area contributed by atoms with Crippen LogP contribution in [0.5, 0.6) is 0 Å². The third kappa shape index (κ3) is 4.21. The van der Waals surface area contributed by atoms with Gasteiger partial charge in [-0.2, -0.15) is 5.10 Å². The lowest BCUT2D eigenvalue weighted by Crippen LogP contribution is -2.33. The number of hydrogen-bond donors (Lipinski definition) is 3. The monoisotopic (exact) mass is 395 g/mol. The number of aliphatic hydroxyl groups is 2. The summed E-state index contributed by atoms with van der Waals surface area (Å²) >= 11 is 0. The first-order valence-electron chi connectivity index (χ1n) is 10.4. The second-order valence-electron chi connectivity index (χ2n) is 7.82. The van der Waals surface area contributed by atoms with E-state index >= 15 is 0 Å². The fraction of sp³-hybridized carbons (Fsp3) is 0.455. The Morgan fingerprint density at radius 3 is 3.03 bits per heavy atom. The maximum Gasteiger partial charge on any atom is 0.151 e. The van der Waals surface area contributed by atoms with Crippen LogP contribution < -0.4 is 5.73 Å². The van der Waals surface area contributed by atoms with Crippen molar-refractivity contribution < 1.29 is 10.2 Å². The first-order chi connectivity index (χ1) is 14.2. The van der Waals surface area contributed by atoms with Crippen LogP contribution in [0.15, 0.2) is 42.5 Å². The molecule has 1 saturated heterocycles. The van der Waals surface area contributed by atoms with Gasteiger partial charge in [0.2, 0.25) is 0 Å². The molecule has 1 fully saturated rings. The van der Waals surface area contributed by atoms with Gasteiger partial charge in [-0.25, -0.2) is 9.50 Å². The summed E-state index contributed by atoms with van der Waals surface area (Å²) in [5, 5.41) is 23.9. The van der Waals surface area contributed by atoms with Crippen molar-refractivity contribution in [3.63, 3.8) is 0 Å². The number of aryl methyl sites for hydroxylation is 1. The molecule has 0 radical (unpaired) electrons. The number of fused-ring (bicyclic) bond motifs is 1. The SMILES string of the molecule is Nc1ncnn2c(CCCCN3CCCC3CO)cc(C3=CC(O)=CC=CC3)c12. The number of allylic oxidation sites excluding steroid dienone is 5. The van der Waals surface area contributed by atoms with Crippen LogP contribution >= 0.6 is 0 Å². The van der Waals surface area contributed by atoms with E-state index in [1.165, 1.54) is 12.7 Å². The molecular formula is C22H29N5O2. The van der Waals surface area contributed by atoms with Gasteiger partial charge in [-0.3, -0.25) is 4.90 Å². The predicted octanol–water partition coefficient (Wildman–Crippen LogP) is 2.88. The largest absolute Gasteiger partial charge is 0.508 e. The molecule has 2 aromatic heterocycles. The minimum absolute atomic E-state index is 0.231. The molecule has 0 saturated carbocycles. The van der Waals surface area contributed by atoms with Crippen LogP contribution in [0.2, 0.25) is 0 Å². The summed E-state index contributed by atoms with van der Waals surface area (Å²) < 4.78 is 1.89. The molecule has 1 atom stereocenters. The quantitative estimate of drug-likeness (QED) is 0.624. The highest BCUT2D eigenvalue weighted by Crippen LogP contribution is 2.31. The zero-order valence-electron chi connectivity index (χ0n) is 16.7. The van der Waals surface area contributed by atoms with Gasteiger partial charge < -0.3 is 15.9 Å². The fourth-order valence-electron chi connectivity index (χ4n) is 4.41. The molecule has 2 aliphatic rings. The normalized spacial score (nSPS) is 20.1. The van der Waals surface area contributed by atoms with Crippen LogP contribution in [0.1, 0.15) is 43.4 Å². The summed E-state index contributed by atoms with van der Waals surface area (Å²) in [5.74, 6) is 0.677. The number of nitrogens with two attached hydrogens (primary N) is 1. The van der Waals surface area contributed by atoms with Crippen LogP contribution in [0, 0.1) is 0 Å². The molecule has 29 heavy (non-hydrogen) atoms. The van der Waals surface area contributed by atoms with Crippen LogP contribution in [-0.2, 0) is 6.42 Å². The van der Waals surface area contributed by atoms with E-state index in [2.05, 4.69) is 21.0 Å². The Bertz CT molecular complexity index is 960. The number of nitrogens with zero attached hydrogens (tertiary/aromatic N) is 4. The van der Waals surface area contributed by atoms with Crippen molar-refractivity contribution in [2.75, 3.05) is 25.4 Å². The molecule has 7 nitrogen and oxygen atoms in total. The molecule has 0 amide bonds. The summed E-state index contributed by atoms with van der Waals surface area (Å²) in [7, 11) is 0. The number of rotatable bonds is 7. The lowest BCUT2D eigenvalue weighted by Gasteiger charge is -2.22. The molecule has 0 bridgehead atoms. The van der Waals surface area contributed by atoms with Gasteiger partial charge in [0.25, 0.3) is 0 Å². The highest BCUT2D eigenvalue weighted by atomic mass is 16.3. The molecule has 3 heterocycles. The minimum Gasteiger partial charge on any atom is -0.508 e. The number of anilines is 1. The number of unbranched alkanes of at least 4 members (excludes halogenated alkanes) is 1. The van der Waals surface area contributed by atoms with Crippen molar-refractivity contribution in [1.29, 1.82) is 0 Å². The second kappa shape index (κ2) is 8.80. The van der Waals surface area contributed by atoms with Gasteiger partial charge >= 0.3 is 0 Å². The summed E-state index contributed by atoms with van der Waals surface area (Å²) in [4.78, 5) is 6.58. The Hall–Kier alpha value is -2.64. The van der Waals surface area contributed by atoms with E-state index in [1.807, 2.05) is 16.7 Å². The molecule has 1 aliphatic carbocycles. The lowest BCUT2D eigenvalue weighted by atomic mass is 10.0. The van der Waals surface area contributed by atoms with Gasteiger partial charge in [0, 0.05) is 17.3 Å². The average molecular weight is 396 g/mol. The smallest absolute Gasteiger partial charge is 0.151 e. The van der Waals surface area contributed by atoms with E-state index in [0.29, 0.717) is 18.3 Å². The second-order valence-corrected chi connectivity index (χ2v) is 7.82. The van der Waals surface area contributed by atoms with E-state index in [0.717, 1.165) is 61.1 Å². The van der Waals surface area contributed by atoms with Gasteiger partial charge in [-0.1, -0.05) is 12.2 Å².